The fourth-order valence-electron chi connectivity index (χ4n) is 1.17. The Hall–Kier alpha value is -1.82. The molecule has 0 radical (unpaired) electrons. The van der Waals surface area contributed by atoms with Crippen LogP contribution in [0.4, 0.5) is 6.01 Å². The molecule has 0 aliphatic heterocycles. The largest absolute Gasteiger partial charge is 0.440 e. The van der Waals surface area contributed by atoms with E-state index in [4.69, 9.17) is 20.4 Å². The summed E-state index contributed by atoms with van der Waals surface area (Å²) in [5.74, 6) is 0.0248. The van der Waals surface area contributed by atoms with Crippen molar-refractivity contribution in [3.05, 3.63) is 29.0 Å². The second-order valence-corrected chi connectivity index (χ2v) is 5.09. The molecule has 2 rings (SSSR count). The first-order valence-corrected chi connectivity index (χ1v) is 5.65. The number of nitrogens with one attached hydrogen (secondary N) is 1. The van der Waals surface area contributed by atoms with Crippen LogP contribution < -0.4 is 5.32 Å². The average molecular weight is 270 g/mol. The summed E-state index contributed by atoms with van der Waals surface area (Å²) in [7, 11) is 0. The minimum Gasteiger partial charge on any atom is -0.440 e. The second-order valence-electron chi connectivity index (χ2n) is 4.72. The molecule has 0 saturated carbocycles. The van der Waals surface area contributed by atoms with Gasteiger partial charge in [-0.3, -0.25) is 10.1 Å². The number of carbonyl (C=O) groups is 1. The monoisotopic (exact) mass is 269 g/mol. The zero-order valence-corrected chi connectivity index (χ0v) is 10.9. The third-order valence-electron chi connectivity index (χ3n) is 2.08. The molecule has 6 nitrogen and oxygen atoms in total. The van der Waals surface area contributed by atoms with Crippen LogP contribution in [0.1, 0.15) is 37.2 Å². The van der Waals surface area contributed by atoms with Gasteiger partial charge in [0.25, 0.3) is 5.91 Å². The molecule has 0 atom stereocenters. The molecule has 1 N–H and O–H groups in total. The number of halogens is 1. The number of rotatable bonds is 2. The minimum atomic E-state index is -0.494. The summed E-state index contributed by atoms with van der Waals surface area (Å²) in [5.41, 5.74) is -0.274. The van der Waals surface area contributed by atoms with Crippen molar-refractivity contribution in [2.24, 2.45) is 0 Å². The van der Waals surface area contributed by atoms with Crippen molar-refractivity contribution in [2.45, 2.75) is 26.2 Å². The third kappa shape index (κ3) is 2.70. The molecule has 7 heteroatoms. The van der Waals surface area contributed by atoms with E-state index < -0.39 is 5.91 Å². The highest BCUT2D eigenvalue weighted by molar-refractivity contribution is 6.29. The third-order valence-corrected chi connectivity index (χ3v) is 2.29. The Morgan fingerprint density at radius 3 is 2.50 bits per heavy atom. The van der Waals surface area contributed by atoms with Gasteiger partial charge in [-0.25, -0.2) is 0 Å². The second kappa shape index (κ2) is 4.45. The molecule has 0 unspecified atom stereocenters. The van der Waals surface area contributed by atoms with Crippen molar-refractivity contribution in [1.29, 1.82) is 0 Å². The van der Waals surface area contributed by atoms with E-state index in [-0.39, 0.29) is 22.4 Å². The summed E-state index contributed by atoms with van der Waals surface area (Å²) in [5, 5.41) is 10.2. The number of hydrogen-bond donors (Lipinski definition) is 1. The van der Waals surface area contributed by atoms with Crippen LogP contribution >= 0.6 is 11.6 Å². The van der Waals surface area contributed by atoms with E-state index in [2.05, 4.69) is 15.5 Å². The number of nitrogens with zero attached hydrogens (tertiary/aromatic N) is 2. The predicted molar refractivity (Wildman–Crippen MR) is 64.7 cm³/mol. The zero-order chi connectivity index (χ0) is 13.3. The van der Waals surface area contributed by atoms with Gasteiger partial charge in [-0.05, 0) is 23.7 Å². The fourth-order valence-corrected chi connectivity index (χ4v) is 1.32. The zero-order valence-electron chi connectivity index (χ0n) is 10.2. The number of furan rings is 1. The summed E-state index contributed by atoms with van der Waals surface area (Å²) in [6.45, 7) is 5.79. The van der Waals surface area contributed by atoms with Gasteiger partial charge in [-0.2, -0.15) is 0 Å². The van der Waals surface area contributed by atoms with Gasteiger partial charge >= 0.3 is 6.01 Å². The minimum absolute atomic E-state index is 0.0254. The molecule has 0 fully saturated rings. The first kappa shape index (κ1) is 12.6. The topological polar surface area (TPSA) is 81.2 Å². The predicted octanol–water partition coefficient (Wildman–Crippen LogP) is 2.87. The number of aromatic nitrogens is 2. The molecule has 18 heavy (non-hydrogen) atoms. The van der Waals surface area contributed by atoms with Gasteiger partial charge in [-0.15, -0.1) is 5.10 Å². The van der Waals surface area contributed by atoms with Crippen molar-refractivity contribution < 1.29 is 13.6 Å². The molecule has 2 aromatic heterocycles. The van der Waals surface area contributed by atoms with E-state index in [0.29, 0.717) is 5.89 Å². The highest BCUT2D eigenvalue weighted by Crippen LogP contribution is 2.22. The SMILES string of the molecule is CC(C)(C)c1nnc(NC(=O)c2ccc(Cl)o2)o1. The van der Waals surface area contributed by atoms with Crippen LogP contribution in [-0.2, 0) is 5.41 Å². The number of hydrogen-bond acceptors (Lipinski definition) is 5. The Morgan fingerprint density at radius 2 is 2.00 bits per heavy atom. The lowest BCUT2D eigenvalue weighted by Crippen LogP contribution is -2.12. The van der Waals surface area contributed by atoms with Gasteiger partial charge in [0.05, 0.1) is 0 Å². The van der Waals surface area contributed by atoms with Gasteiger partial charge < -0.3 is 8.83 Å². The quantitative estimate of drug-likeness (QED) is 0.906. The Kier molecular flexibility index (Phi) is 3.13. The molecule has 2 aromatic rings. The Morgan fingerprint density at radius 1 is 1.28 bits per heavy atom. The van der Waals surface area contributed by atoms with Crippen LogP contribution in [-0.4, -0.2) is 16.1 Å². The molecular weight excluding hydrogens is 258 g/mol. The van der Waals surface area contributed by atoms with Crippen molar-refractivity contribution in [3.63, 3.8) is 0 Å². The summed E-state index contributed by atoms with van der Waals surface area (Å²) in [6.07, 6.45) is 0. The highest BCUT2D eigenvalue weighted by Gasteiger charge is 2.22. The van der Waals surface area contributed by atoms with Crippen molar-refractivity contribution in [1.82, 2.24) is 10.2 Å². The van der Waals surface area contributed by atoms with E-state index in [0.717, 1.165) is 0 Å². The van der Waals surface area contributed by atoms with Gasteiger partial charge in [0, 0.05) is 5.41 Å². The van der Waals surface area contributed by atoms with Crippen LogP contribution in [0, 0.1) is 0 Å². The van der Waals surface area contributed by atoms with Crippen molar-refractivity contribution in [2.75, 3.05) is 5.32 Å². The summed E-state index contributed by atoms with van der Waals surface area (Å²) >= 11 is 5.57. The maximum atomic E-state index is 11.7. The van der Waals surface area contributed by atoms with E-state index in [1.165, 1.54) is 12.1 Å². The van der Waals surface area contributed by atoms with Gasteiger partial charge in [-0.1, -0.05) is 25.9 Å². The molecule has 96 valence electrons. The molecular formula is C11H12ClN3O3. The van der Waals surface area contributed by atoms with E-state index in [1.807, 2.05) is 20.8 Å². The van der Waals surface area contributed by atoms with E-state index in [9.17, 15) is 4.79 Å². The fraction of sp³-hybridized carbons (Fsp3) is 0.364. The van der Waals surface area contributed by atoms with E-state index >= 15 is 0 Å². The smallest absolute Gasteiger partial charge is 0.322 e. The highest BCUT2D eigenvalue weighted by atomic mass is 35.5. The molecule has 0 bridgehead atoms. The Bertz CT molecular complexity index is 568. The molecule has 2 heterocycles. The van der Waals surface area contributed by atoms with Crippen LogP contribution in [0.5, 0.6) is 0 Å². The first-order chi connectivity index (χ1) is 8.36. The van der Waals surface area contributed by atoms with Crippen LogP contribution in [0.15, 0.2) is 21.0 Å². The van der Waals surface area contributed by atoms with Crippen molar-refractivity contribution in [3.8, 4) is 0 Å². The summed E-state index contributed by atoms with van der Waals surface area (Å²) in [4.78, 5) is 11.7. The molecule has 0 aliphatic carbocycles. The lowest BCUT2D eigenvalue weighted by atomic mass is 9.97. The molecule has 0 saturated heterocycles. The Balaban J connectivity index is 2.10. The lowest BCUT2D eigenvalue weighted by Gasteiger charge is -2.10. The molecule has 1 amide bonds. The summed E-state index contributed by atoms with van der Waals surface area (Å²) in [6, 6.07) is 2.96. The van der Waals surface area contributed by atoms with Gasteiger partial charge in [0.2, 0.25) is 5.89 Å². The van der Waals surface area contributed by atoms with Crippen LogP contribution in [0.25, 0.3) is 0 Å². The normalized spacial score (nSPS) is 11.6. The van der Waals surface area contributed by atoms with Crippen LogP contribution in [0.3, 0.4) is 0 Å². The van der Waals surface area contributed by atoms with E-state index in [1.54, 1.807) is 0 Å². The number of amides is 1. The molecule has 0 aliphatic rings. The van der Waals surface area contributed by atoms with Gasteiger partial charge in [0.1, 0.15) is 0 Å². The Labute approximate surface area is 108 Å². The summed E-state index contributed by atoms with van der Waals surface area (Å²) < 4.78 is 10.3. The lowest BCUT2D eigenvalue weighted by molar-refractivity contribution is 0.0993. The molecule has 0 aromatic carbocycles. The number of anilines is 1. The van der Waals surface area contributed by atoms with Crippen LogP contribution in [0.2, 0.25) is 5.22 Å². The maximum absolute atomic E-state index is 11.7. The molecule has 0 spiro atoms. The van der Waals surface area contributed by atoms with Crippen molar-refractivity contribution >= 4 is 23.5 Å². The number of carbonyl (C=O) groups excluding carboxylic acids is 1. The van der Waals surface area contributed by atoms with Gasteiger partial charge in [0.15, 0.2) is 11.0 Å². The average Bonchev–Trinajstić information content (AvgIpc) is 2.85. The maximum Gasteiger partial charge on any atom is 0.322 e. The first-order valence-electron chi connectivity index (χ1n) is 5.27. The standard InChI is InChI=1S/C11H12ClN3O3/c1-11(2,3)9-14-15-10(18-9)13-8(16)6-4-5-7(12)17-6/h4-5H,1-3H3,(H,13,15,16).